The number of aliphatic hydroxyl groups is 2. The number of hydrogen-bond acceptors (Lipinski definition) is 15. The number of unbranched alkanes of at least 4 members (excludes halogenated alkanes) is 2. The Balaban J connectivity index is 0.000000173. The van der Waals surface area contributed by atoms with Gasteiger partial charge in [0.25, 0.3) is 0 Å². The van der Waals surface area contributed by atoms with E-state index in [2.05, 4.69) is 161 Å². The zero-order chi connectivity index (χ0) is 83.9. The summed E-state index contributed by atoms with van der Waals surface area (Å²) in [6, 6.07) is 6.55. The van der Waals surface area contributed by atoms with E-state index in [9.17, 15) is 19.8 Å². The number of aromatic nitrogens is 1. The summed E-state index contributed by atoms with van der Waals surface area (Å²) >= 11 is 2.19. The van der Waals surface area contributed by atoms with Crippen molar-refractivity contribution in [2.24, 2.45) is 150 Å². The fraction of sp³-hybridized carbons (Fsp3) is 0.930. The van der Waals surface area contributed by atoms with Gasteiger partial charge in [-0.15, -0.1) is 0 Å². The summed E-state index contributed by atoms with van der Waals surface area (Å²) in [6.45, 7) is 41.2. The Morgan fingerprint density at radius 2 is 1.00 bits per heavy atom. The molecule has 0 aromatic carbocycles. The van der Waals surface area contributed by atoms with Crippen LogP contribution in [0.1, 0.15) is 327 Å². The first-order chi connectivity index (χ1) is 56.1. The molecule has 1 aromatic heterocycles. The molecule has 0 aliphatic heterocycles. The molecule has 1 aromatic rings. The zero-order valence-corrected chi connectivity index (χ0v) is 78.2. The molecule has 0 spiro atoms. The highest BCUT2D eigenvalue weighted by Gasteiger charge is 2.67. The zero-order valence-electron chi connectivity index (χ0n) is 77.4. The average molecular weight is 1650 g/mol. The van der Waals surface area contributed by atoms with Gasteiger partial charge in [0.05, 0.1) is 26.4 Å². The minimum atomic E-state index is -0.156. The quantitative estimate of drug-likeness (QED) is 0.0102. The number of aliphatic hydroxyl groups excluding tert-OH is 2. The molecule has 0 bridgehead atoms. The van der Waals surface area contributed by atoms with Crippen LogP contribution in [0.25, 0.3) is 10.4 Å². The van der Waals surface area contributed by atoms with Gasteiger partial charge in [-0.05, 0) is 400 Å². The third kappa shape index (κ3) is 22.3. The van der Waals surface area contributed by atoms with E-state index in [4.69, 9.17) is 15.0 Å². The topological polar surface area (TPSA) is 227 Å². The lowest BCUT2D eigenvalue weighted by Gasteiger charge is -2.63. The van der Waals surface area contributed by atoms with Gasteiger partial charge in [-0.2, -0.15) is 11.8 Å². The SMILES string of the molecule is CC(C)CCC[C@@H](C)[C@H]1CCC2C3C[C@@H](O)[C@H]4C[C@H](NCCCNCCCCN=[N+]=[N-])CC[C@]4(C)C3CC[C@@]21C.COC(=O)CC[C@@H](C)[C@H]1CCC2C3C(CC[C@@]21C)[C@@]1(C)CC[C@@H](NCCCCNCc2cccnc2)C[C@@H]1C[C@H]3O.COC(=O)CC[C@@H](C)[C@H]1CCC2C3C(CC[C@@]21C)[C@@]1(C)CC[C@@H](NCCNC(C)C)C[C@@H]1C[C@H]3SC. The van der Waals surface area contributed by atoms with Gasteiger partial charge >= 0.3 is 11.9 Å². The lowest BCUT2D eigenvalue weighted by atomic mass is 9.43. The van der Waals surface area contributed by atoms with Crippen LogP contribution < -0.4 is 31.9 Å². The van der Waals surface area contributed by atoms with Crippen LogP contribution in [0.2, 0.25) is 0 Å². The van der Waals surface area contributed by atoms with Gasteiger partial charge in [0, 0.05) is 85.7 Å². The summed E-state index contributed by atoms with van der Waals surface area (Å²) in [5.74, 6) is 13.8. The highest BCUT2D eigenvalue weighted by Crippen LogP contribution is 2.73. The van der Waals surface area contributed by atoms with Crippen molar-refractivity contribution in [3.05, 3.63) is 40.5 Å². The van der Waals surface area contributed by atoms with E-state index in [-0.39, 0.29) is 24.1 Å². The predicted octanol–water partition coefficient (Wildman–Crippen LogP) is 20.8. The summed E-state index contributed by atoms with van der Waals surface area (Å²) in [5, 5.41) is 50.1. The number of esters is 2. The number of rotatable bonds is 37. The second kappa shape index (κ2) is 43.6. The number of azide groups is 1. The monoisotopic (exact) mass is 1650 g/mol. The molecule has 12 aliphatic rings. The van der Waals surface area contributed by atoms with Crippen LogP contribution in [0.4, 0.5) is 0 Å². The Labute approximate surface area is 718 Å². The third-order valence-corrected chi connectivity index (χ3v) is 38.5. The molecule has 8 N–H and O–H groups in total. The standard InChI is InChI=1S/C35H57N3O3.C34H63N5O.C31H56N2O2S/c1-24(9-12-32(40)41-4)28-10-11-29-33-30(14-16-35(28,29)3)34(2)15-13-27(20-26(34)21-31(33)39)38-19-6-5-17-36-22-25-8-7-18-37-23-25;1-24(2)10-8-11-25(3)28-12-13-29-27-23-32(40)31-22-26(37-20-9-19-36-18-6-7-21-38-39-35)14-16-34(31,5)30(27)15-17-33(28,29)4;1-20(2)32-16-17-33-23-12-14-30(4)22(18-23)19-27(36-7)29-25-10-9-24(21(3)8-11-28(34)35-6)31(25,5)15-13-26(29)30/h7-8,18,23-24,26-31,33,36,38-39H,5-6,9-17,19-22H2,1-4H3;24-32,36-37,40H,6-23H2,1-5H3;20-27,29,32-33H,8-19H2,1-7H3/t24-,26-,27-,28-,29?,30?,31-,33?,34+,35-;25-,26-,27?,28-,29?,30?,31-,32-,33-,34-;21-,22-,23-,24-,25?,26?,27-,29?,30+,31-/m111/s1. The molecule has 13 rings (SSSR count). The molecule has 668 valence electrons. The van der Waals surface area contributed by atoms with E-state index in [1.54, 1.807) is 0 Å². The highest BCUT2D eigenvalue weighted by molar-refractivity contribution is 7.99. The second-order valence-electron chi connectivity index (χ2n) is 44.2. The van der Waals surface area contributed by atoms with Crippen molar-refractivity contribution < 1.29 is 29.3 Å². The van der Waals surface area contributed by atoms with Crippen LogP contribution in [0.15, 0.2) is 29.6 Å². The predicted molar refractivity (Wildman–Crippen MR) is 484 cm³/mol. The van der Waals surface area contributed by atoms with Gasteiger partial charge in [-0.1, -0.05) is 120 Å². The van der Waals surface area contributed by atoms with Crippen LogP contribution in [0.5, 0.6) is 0 Å². The summed E-state index contributed by atoms with van der Waals surface area (Å²) < 4.78 is 9.87. The summed E-state index contributed by atoms with van der Waals surface area (Å²) in [6.07, 6.45) is 50.1. The number of hydrogen-bond donors (Lipinski definition) is 8. The highest BCUT2D eigenvalue weighted by atomic mass is 32.2. The molecule has 17 heteroatoms. The minimum Gasteiger partial charge on any atom is -0.469 e. The van der Waals surface area contributed by atoms with Crippen LogP contribution in [-0.2, 0) is 25.6 Å². The number of methoxy groups -OCH3 is 2. The fourth-order valence-electron chi connectivity index (χ4n) is 31.0. The van der Waals surface area contributed by atoms with Gasteiger partial charge in [0.1, 0.15) is 0 Å². The molecule has 16 nitrogen and oxygen atoms in total. The van der Waals surface area contributed by atoms with Crippen LogP contribution in [0, 0.1) is 145 Å². The van der Waals surface area contributed by atoms with Gasteiger partial charge in [-0.25, -0.2) is 0 Å². The Hall–Kier alpha value is -2.57. The lowest BCUT2D eigenvalue weighted by molar-refractivity contribution is -0.167. The summed E-state index contributed by atoms with van der Waals surface area (Å²) in [5.41, 5.74) is 12.1. The number of carbonyl (C=O) groups is 2. The Morgan fingerprint density at radius 1 is 0.513 bits per heavy atom. The molecular weight excluding hydrogens is 1470 g/mol. The van der Waals surface area contributed by atoms with E-state index >= 15 is 0 Å². The second-order valence-corrected chi connectivity index (χ2v) is 45.2. The first kappa shape index (κ1) is 95.1. The molecule has 9 unspecified atom stereocenters. The molecule has 117 heavy (non-hydrogen) atoms. The molecule has 12 saturated carbocycles. The first-order valence-electron chi connectivity index (χ1n) is 49.4. The normalized spacial score (nSPS) is 40.4. The largest absolute Gasteiger partial charge is 0.469 e. The van der Waals surface area contributed by atoms with Crippen LogP contribution in [-0.4, -0.2) is 142 Å². The van der Waals surface area contributed by atoms with Gasteiger partial charge in [0.2, 0.25) is 0 Å². The summed E-state index contributed by atoms with van der Waals surface area (Å²) in [4.78, 5) is 30.6. The van der Waals surface area contributed by atoms with Crippen molar-refractivity contribution in [2.45, 2.75) is 369 Å². The number of pyridine rings is 1. The molecule has 30 atom stereocenters. The van der Waals surface area contributed by atoms with E-state index in [0.29, 0.717) is 123 Å². The maximum atomic E-state index is 11.8. The molecule has 0 amide bonds. The van der Waals surface area contributed by atoms with E-state index in [1.807, 2.05) is 18.5 Å². The van der Waals surface area contributed by atoms with Crippen molar-refractivity contribution in [3.63, 3.8) is 0 Å². The maximum Gasteiger partial charge on any atom is 0.305 e. The number of thioether (sulfide) groups is 1. The summed E-state index contributed by atoms with van der Waals surface area (Å²) in [7, 11) is 3.02. The molecule has 12 fully saturated rings. The van der Waals surface area contributed by atoms with Crippen molar-refractivity contribution in [3.8, 4) is 0 Å². The Bertz CT molecular complexity index is 3220. The number of ether oxygens (including phenoxy) is 2. The Kier molecular flexibility index (Phi) is 35.4. The fourth-order valence-corrected chi connectivity index (χ4v) is 32.1. The number of nitrogens with zero attached hydrogens (tertiary/aromatic N) is 4. The van der Waals surface area contributed by atoms with Crippen LogP contribution in [0.3, 0.4) is 0 Å². The Morgan fingerprint density at radius 3 is 1.58 bits per heavy atom. The number of nitrogens with one attached hydrogen (secondary N) is 6. The van der Waals surface area contributed by atoms with Crippen molar-refractivity contribution >= 4 is 23.7 Å². The van der Waals surface area contributed by atoms with Crippen molar-refractivity contribution in [2.75, 3.05) is 72.8 Å². The smallest absolute Gasteiger partial charge is 0.305 e. The van der Waals surface area contributed by atoms with Gasteiger partial charge in [-0.3, -0.25) is 14.6 Å². The average Bonchev–Trinajstić information content (AvgIpc) is 1.68. The van der Waals surface area contributed by atoms with Crippen molar-refractivity contribution in [1.82, 2.24) is 36.9 Å². The molecular formula is C100H176N10O6S. The number of carbonyl (C=O) groups excluding carboxylic acids is 2. The van der Waals surface area contributed by atoms with E-state index in [1.165, 1.54) is 187 Å². The van der Waals surface area contributed by atoms with Gasteiger partial charge < -0.3 is 51.6 Å². The van der Waals surface area contributed by atoms with Crippen LogP contribution >= 0.6 is 11.8 Å². The maximum absolute atomic E-state index is 11.8. The van der Waals surface area contributed by atoms with Gasteiger partial charge in [0.15, 0.2) is 0 Å². The lowest BCUT2D eigenvalue weighted by Crippen LogP contribution is -2.59. The molecule has 1 heterocycles. The molecule has 0 radical (unpaired) electrons. The minimum absolute atomic E-state index is 0.0415. The van der Waals surface area contributed by atoms with E-state index < -0.39 is 0 Å². The molecule has 12 aliphatic carbocycles. The first-order valence-corrected chi connectivity index (χ1v) is 50.7. The molecule has 0 saturated heterocycles. The van der Waals surface area contributed by atoms with E-state index in [0.717, 1.165) is 174 Å². The van der Waals surface area contributed by atoms with Crippen molar-refractivity contribution in [1.29, 1.82) is 0 Å². The third-order valence-electron chi connectivity index (χ3n) is 37.4. The number of fused-ring (bicyclic) bond motifs is 15.